The highest BCUT2D eigenvalue weighted by Crippen LogP contribution is 2.21. The maximum Gasteiger partial charge on any atom is 0.115 e. The molecule has 0 saturated carbocycles. The highest BCUT2D eigenvalue weighted by Gasteiger charge is 2.09. The van der Waals surface area contributed by atoms with E-state index in [9.17, 15) is 5.11 Å². The topological polar surface area (TPSA) is 49.2 Å². The normalized spacial score (nSPS) is 11.2. The summed E-state index contributed by atoms with van der Waals surface area (Å²) in [6.07, 6.45) is 6.00. The average Bonchev–Trinajstić information content (AvgIpc) is 3.06. The minimum absolute atomic E-state index is 0.229. The standard InChI is InChI=1S/C20H23N3OS/c1-16-3-8-20(25-16)14-23(9-2-10-24)13-17-4-6-18(7-5-17)19-11-21-15-22-12-19/h3-8,11-12,15,24H,2,9-10,13-14H2,1H3. The molecule has 3 aromatic rings. The van der Waals surface area contributed by atoms with Crippen LogP contribution in [0.5, 0.6) is 0 Å². The molecule has 1 aromatic carbocycles. The van der Waals surface area contributed by atoms with Crippen LogP contribution in [0.2, 0.25) is 0 Å². The van der Waals surface area contributed by atoms with Crippen LogP contribution in [0.25, 0.3) is 11.1 Å². The van der Waals surface area contributed by atoms with Crippen LogP contribution < -0.4 is 0 Å². The van der Waals surface area contributed by atoms with Gasteiger partial charge < -0.3 is 5.11 Å². The second-order valence-corrected chi connectivity index (χ2v) is 7.50. The predicted octanol–water partition coefficient (Wildman–Crippen LogP) is 3.90. The molecule has 2 heterocycles. The minimum Gasteiger partial charge on any atom is -0.396 e. The van der Waals surface area contributed by atoms with Crippen LogP contribution in [0, 0.1) is 6.92 Å². The Morgan fingerprint density at radius 2 is 1.72 bits per heavy atom. The molecule has 4 nitrogen and oxygen atoms in total. The molecule has 0 bridgehead atoms. The molecule has 0 aliphatic rings. The molecule has 25 heavy (non-hydrogen) atoms. The molecule has 130 valence electrons. The molecule has 0 atom stereocenters. The summed E-state index contributed by atoms with van der Waals surface area (Å²) in [4.78, 5) is 13.2. The first-order valence-corrected chi connectivity index (χ1v) is 9.29. The maximum absolute atomic E-state index is 9.18. The van der Waals surface area contributed by atoms with Crippen LogP contribution in [0.1, 0.15) is 21.7 Å². The first kappa shape index (κ1) is 17.7. The Bertz CT molecular complexity index is 771. The zero-order valence-corrected chi connectivity index (χ0v) is 15.2. The van der Waals surface area contributed by atoms with Gasteiger partial charge in [0.1, 0.15) is 6.33 Å². The summed E-state index contributed by atoms with van der Waals surface area (Å²) in [5, 5.41) is 9.18. The first-order chi connectivity index (χ1) is 12.2. The smallest absolute Gasteiger partial charge is 0.115 e. The average molecular weight is 353 g/mol. The van der Waals surface area contributed by atoms with E-state index >= 15 is 0 Å². The molecule has 2 aromatic heterocycles. The van der Waals surface area contributed by atoms with Crippen molar-refractivity contribution in [2.45, 2.75) is 26.4 Å². The molecule has 0 amide bonds. The Morgan fingerprint density at radius 3 is 2.36 bits per heavy atom. The fourth-order valence-corrected chi connectivity index (χ4v) is 3.74. The van der Waals surface area contributed by atoms with Crippen LogP contribution >= 0.6 is 11.3 Å². The number of hydrogen-bond acceptors (Lipinski definition) is 5. The molecule has 0 saturated heterocycles. The molecule has 0 radical (unpaired) electrons. The van der Waals surface area contributed by atoms with Crippen molar-refractivity contribution in [3.63, 3.8) is 0 Å². The van der Waals surface area contributed by atoms with Crippen molar-refractivity contribution in [1.82, 2.24) is 14.9 Å². The fourth-order valence-electron chi connectivity index (χ4n) is 2.81. The summed E-state index contributed by atoms with van der Waals surface area (Å²) in [7, 11) is 0. The Balaban J connectivity index is 1.68. The lowest BCUT2D eigenvalue weighted by Crippen LogP contribution is -2.24. The number of aryl methyl sites for hydroxylation is 1. The van der Waals surface area contributed by atoms with E-state index in [4.69, 9.17) is 0 Å². The van der Waals surface area contributed by atoms with E-state index in [1.165, 1.54) is 15.3 Å². The van der Waals surface area contributed by atoms with Gasteiger partial charge >= 0.3 is 0 Å². The lowest BCUT2D eigenvalue weighted by atomic mass is 10.1. The van der Waals surface area contributed by atoms with E-state index < -0.39 is 0 Å². The number of nitrogens with zero attached hydrogens (tertiary/aromatic N) is 3. The summed E-state index contributed by atoms with van der Waals surface area (Å²) in [6.45, 7) is 5.06. The number of benzene rings is 1. The number of thiophene rings is 1. The summed E-state index contributed by atoms with van der Waals surface area (Å²) < 4.78 is 0. The van der Waals surface area contributed by atoms with Gasteiger partial charge in [0.25, 0.3) is 0 Å². The SMILES string of the molecule is Cc1ccc(CN(CCCO)Cc2ccc(-c3cncnc3)cc2)s1. The van der Waals surface area contributed by atoms with Gasteiger partial charge in [0.2, 0.25) is 0 Å². The van der Waals surface area contributed by atoms with Crippen LogP contribution in [-0.4, -0.2) is 33.1 Å². The second kappa shape index (κ2) is 8.85. The van der Waals surface area contributed by atoms with Crippen LogP contribution in [0.3, 0.4) is 0 Å². The van der Waals surface area contributed by atoms with Crippen LogP contribution in [0.4, 0.5) is 0 Å². The van der Waals surface area contributed by atoms with Gasteiger partial charge in [-0.1, -0.05) is 24.3 Å². The molecule has 0 fully saturated rings. The van der Waals surface area contributed by atoms with E-state index in [1.807, 2.05) is 23.7 Å². The zero-order valence-electron chi connectivity index (χ0n) is 14.4. The molecule has 5 heteroatoms. The second-order valence-electron chi connectivity index (χ2n) is 6.12. The van der Waals surface area contributed by atoms with Gasteiger partial charge in [0, 0.05) is 54.0 Å². The molecule has 0 aliphatic carbocycles. The van der Waals surface area contributed by atoms with Crippen molar-refractivity contribution >= 4 is 11.3 Å². The minimum atomic E-state index is 0.229. The monoisotopic (exact) mass is 353 g/mol. The van der Waals surface area contributed by atoms with Crippen molar-refractivity contribution < 1.29 is 5.11 Å². The van der Waals surface area contributed by atoms with E-state index in [0.29, 0.717) is 0 Å². The van der Waals surface area contributed by atoms with E-state index in [0.717, 1.165) is 37.2 Å². The third kappa shape index (κ3) is 5.19. The number of aliphatic hydroxyl groups is 1. The van der Waals surface area contributed by atoms with E-state index in [-0.39, 0.29) is 6.61 Å². The lowest BCUT2D eigenvalue weighted by molar-refractivity contribution is 0.214. The van der Waals surface area contributed by atoms with Crippen molar-refractivity contribution in [2.75, 3.05) is 13.2 Å². The molecule has 0 aliphatic heterocycles. The lowest BCUT2D eigenvalue weighted by Gasteiger charge is -2.21. The predicted molar refractivity (Wildman–Crippen MR) is 102 cm³/mol. The van der Waals surface area contributed by atoms with E-state index in [2.05, 4.69) is 58.2 Å². The first-order valence-electron chi connectivity index (χ1n) is 8.47. The van der Waals surface area contributed by atoms with Crippen LogP contribution in [0.15, 0.2) is 55.1 Å². The van der Waals surface area contributed by atoms with E-state index in [1.54, 1.807) is 6.33 Å². The van der Waals surface area contributed by atoms with Gasteiger partial charge in [0.15, 0.2) is 0 Å². The summed E-state index contributed by atoms with van der Waals surface area (Å²) in [6, 6.07) is 12.9. The van der Waals surface area contributed by atoms with Gasteiger partial charge in [-0.05, 0) is 36.6 Å². The Hall–Kier alpha value is -2.08. The van der Waals surface area contributed by atoms with Gasteiger partial charge in [-0.2, -0.15) is 0 Å². The van der Waals surface area contributed by atoms with Gasteiger partial charge in [-0.25, -0.2) is 9.97 Å². The number of rotatable bonds is 8. The van der Waals surface area contributed by atoms with Crippen LogP contribution in [-0.2, 0) is 13.1 Å². The summed E-state index contributed by atoms with van der Waals surface area (Å²) in [5.74, 6) is 0. The molecule has 3 rings (SSSR count). The number of aliphatic hydroxyl groups excluding tert-OH is 1. The molecule has 1 N–H and O–H groups in total. The highest BCUT2D eigenvalue weighted by molar-refractivity contribution is 7.11. The zero-order chi connectivity index (χ0) is 17.5. The Kier molecular flexibility index (Phi) is 6.28. The van der Waals surface area contributed by atoms with Crippen molar-refractivity contribution in [3.8, 4) is 11.1 Å². The number of hydrogen-bond donors (Lipinski definition) is 1. The molecule has 0 spiro atoms. The largest absolute Gasteiger partial charge is 0.396 e. The Labute approximate surface area is 152 Å². The highest BCUT2D eigenvalue weighted by atomic mass is 32.1. The quantitative estimate of drug-likeness (QED) is 0.667. The fraction of sp³-hybridized carbons (Fsp3) is 0.300. The van der Waals surface area contributed by atoms with Gasteiger partial charge in [0.05, 0.1) is 0 Å². The third-order valence-corrected chi connectivity index (χ3v) is 5.05. The van der Waals surface area contributed by atoms with Gasteiger partial charge in [-0.15, -0.1) is 11.3 Å². The third-order valence-electron chi connectivity index (χ3n) is 4.06. The Morgan fingerprint density at radius 1 is 0.960 bits per heavy atom. The van der Waals surface area contributed by atoms with Gasteiger partial charge in [-0.3, -0.25) is 4.90 Å². The maximum atomic E-state index is 9.18. The summed E-state index contributed by atoms with van der Waals surface area (Å²) >= 11 is 1.84. The van der Waals surface area contributed by atoms with Crippen molar-refractivity contribution in [2.24, 2.45) is 0 Å². The number of aromatic nitrogens is 2. The van der Waals surface area contributed by atoms with Crippen molar-refractivity contribution in [3.05, 3.63) is 70.4 Å². The molecular formula is C20H23N3OS. The molecule has 0 unspecified atom stereocenters. The molecular weight excluding hydrogens is 330 g/mol. The summed E-state index contributed by atoms with van der Waals surface area (Å²) in [5.41, 5.74) is 3.42. The van der Waals surface area contributed by atoms with Crippen molar-refractivity contribution in [1.29, 1.82) is 0 Å².